The van der Waals surface area contributed by atoms with Crippen molar-refractivity contribution in [1.82, 2.24) is 4.98 Å². The molecule has 2 nitrogen and oxygen atoms in total. The Kier molecular flexibility index (Phi) is 4.67. The van der Waals surface area contributed by atoms with Crippen LogP contribution in [0.5, 0.6) is 0 Å². The topological polar surface area (TPSA) is 16.1 Å². The van der Waals surface area contributed by atoms with E-state index >= 15 is 0 Å². The summed E-state index contributed by atoms with van der Waals surface area (Å²) in [6.45, 7) is 0. The first-order chi connectivity index (χ1) is 14.4. The molecule has 5 rings (SSSR count). The van der Waals surface area contributed by atoms with Crippen molar-refractivity contribution in [1.29, 1.82) is 0 Å². The van der Waals surface area contributed by atoms with Crippen LogP contribution in [-0.4, -0.2) is 4.98 Å². The van der Waals surface area contributed by atoms with Gasteiger partial charge in [-0.05, 0) is 66.4 Å². The number of aromatic nitrogens is 1. The molecule has 0 spiro atoms. The summed E-state index contributed by atoms with van der Waals surface area (Å²) in [5.74, 6) is 0. The predicted molar refractivity (Wildman–Crippen MR) is 122 cm³/mol. The molecule has 1 aliphatic rings. The fourth-order valence-corrected chi connectivity index (χ4v) is 3.97. The van der Waals surface area contributed by atoms with Crippen LogP contribution in [0.25, 0.3) is 17.2 Å². The van der Waals surface area contributed by atoms with Crippen molar-refractivity contribution in [3.8, 4) is 11.1 Å². The Hall–Kier alpha value is -3.65. The lowest BCUT2D eigenvalue weighted by molar-refractivity contribution is 0.928. The van der Waals surface area contributed by atoms with E-state index in [1.54, 1.807) is 0 Å². The molecule has 1 aromatic heterocycles. The Morgan fingerprint density at radius 1 is 0.655 bits per heavy atom. The van der Waals surface area contributed by atoms with E-state index in [4.69, 9.17) is 0 Å². The van der Waals surface area contributed by atoms with E-state index in [0.717, 1.165) is 29.9 Å². The van der Waals surface area contributed by atoms with E-state index < -0.39 is 0 Å². The molecule has 1 aliphatic carbocycles. The van der Waals surface area contributed by atoms with Crippen LogP contribution in [-0.2, 0) is 6.42 Å². The molecule has 0 bridgehead atoms. The highest BCUT2D eigenvalue weighted by Gasteiger charge is 2.14. The molecule has 0 fully saturated rings. The number of pyridine rings is 1. The average Bonchev–Trinajstić information content (AvgIpc) is 2.81. The first kappa shape index (κ1) is 17.4. The molecule has 0 saturated heterocycles. The van der Waals surface area contributed by atoms with Crippen LogP contribution >= 0.6 is 0 Å². The molecule has 3 aromatic carbocycles. The average molecular weight is 374 g/mol. The minimum atomic E-state index is 1.02. The minimum Gasteiger partial charge on any atom is -0.311 e. The summed E-state index contributed by atoms with van der Waals surface area (Å²) in [4.78, 5) is 6.85. The van der Waals surface area contributed by atoms with Gasteiger partial charge < -0.3 is 4.90 Å². The number of hydrogen-bond donors (Lipinski definition) is 0. The lowest BCUT2D eigenvalue weighted by Gasteiger charge is -2.25. The predicted octanol–water partition coefficient (Wildman–Crippen LogP) is 7.18. The first-order valence-corrected chi connectivity index (χ1v) is 10.1. The van der Waals surface area contributed by atoms with Gasteiger partial charge in [-0.1, -0.05) is 60.7 Å². The SMILES string of the molecule is C1=Cc2c(-c3ccc(N(c4ccccc4)c4ccccc4)cc3)ccnc2CC1. The van der Waals surface area contributed by atoms with Crippen molar-refractivity contribution < 1.29 is 0 Å². The summed E-state index contributed by atoms with van der Waals surface area (Å²) in [5.41, 5.74) is 8.37. The summed E-state index contributed by atoms with van der Waals surface area (Å²) >= 11 is 0. The molecule has 140 valence electrons. The Labute approximate surface area is 171 Å². The van der Waals surface area contributed by atoms with Gasteiger partial charge in [0.05, 0.1) is 0 Å². The third-order valence-corrected chi connectivity index (χ3v) is 5.37. The second kappa shape index (κ2) is 7.76. The quantitative estimate of drug-likeness (QED) is 0.376. The van der Waals surface area contributed by atoms with Gasteiger partial charge in [0, 0.05) is 34.5 Å². The van der Waals surface area contributed by atoms with Gasteiger partial charge in [-0.2, -0.15) is 0 Å². The molecular weight excluding hydrogens is 352 g/mol. The monoisotopic (exact) mass is 374 g/mol. The first-order valence-electron chi connectivity index (χ1n) is 10.1. The smallest absolute Gasteiger partial charge is 0.0485 e. The largest absolute Gasteiger partial charge is 0.311 e. The fourth-order valence-electron chi connectivity index (χ4n) is 3.97. The van der Waals surface area contributed by atoms with Crippen LogP contribution in [0.15, 0.2) is 103 Å². The van der Waals surface area contributed by atoms with Crippen LogP contribution in [0.4, 0.5) is 17.1 Å². The molecule has 0 atom stereocenters. The van der Waals surface area contributed by atoms with Crippen LogP contribution in [0.1, 0.15) is 17.7 Å². The zero-order chi connectivity index (χ0) is 19.5. The summed E-state index contributed by atoms with van der Waals surface area (Å²) in [6, 6.07) is 31.9. The van der Waals surface area contributed by atoms with Gasteiger partial charge in [0.25, 0.3) is 0 Å². The maximum Gasteiger partial charge on any atom is 0.0485 e. The van der Waals surface area contributed by atoms with Crippen LogP contribution < -0.4 is 4.90 Å². The second-order valence-corrected chi connectivity index (χ2v) is 7.21. The van der Waals surface area contributed by atoms with Gasteiger partial charge in [-0.15, -0.1) is 0 Å². The molecule has 0 unspecified atom stereocenters. The van der Waals surface area contributed by atoms with E-state index in [1.165, 1.54) is 22.4 Å². The lowest BCUT2D eigenvalue weighted by atomic mass is 9.94. The van der Waals surface area contributed by atoms with Crippen molar-refractivity contribution in [3.05, 3.63) is 115 Å². The van der Waals surface area contributed by atoms with Crippen LogP contribution in [0, 0.1) is 0 Å². The number of allylic oxidation sites excluding steroid dienone is 1. The van der Waals surface area contributed by atoms with Gasteiger partial charge in [-0.25, -0.2) is 0 Å². The normalized spacial score (nSPS) is 12.4. The maximum absolute atomic E-state index is 4.57. The molecular formula is C27H22N2. The standard InChI is InChI=1S/C27H22N2/c1-3-9-22(10-4-1)29(23-11-5-2-6-12-23)24-17-15-21(16-18-24)25-19-20-28-27-14-8-7-13-26(25)27/h1-7,9-13,15-20H,8,14H2. The summed E-state index contributed by atoms with van der Waals surface area (Å²) in [5, 5.41) is 0. The Morgan fingerprint density at radius 2 is 1.28 bits per heavy atom. The lowest BCUT2D eigenvalue weighted by Crippen LogP contribution is -2.09. The number of aryl methyl sites for hydroxylation is 1. The van der Waals surface area contributed by atoms with Crippen molar-refractivity contribution >= 4 is 23.1 Å². The maximum atomic E-state index is 4.57. The number of anilines is 3. The van der Waals surface area contributed by atoms with Gasteiger partial charge >= 0.3 is 0 Å². The Balaban J connectivity index is 1.56. The second-order valence-electron chi connectivity index (χ2n) is 7.21. The molecule has 1 heterocycles. The van der Waals surface area contributed by atoms with Crippen molar-refractivity contribution in [2.45, 2.75) is 12.8 Å². The summed E-state index contributed by atoms with van der Waals surface area (Å²) in [7, 11) is 0. The molecule has 0 saturated carbocycles. The third-order valence-electron chi connectivity index (χ3n) is 5.37. The van der Waals surface area contributed by atoms with Crippen molar-refractivity contribution in [3.63, 3.8) is 0 Å². The molecule has 29 heavy (non-hydrogen) atoms. The zero-order valence-corrected chi connectivity index (χ0v) is 16.2. The number of hydrogen-bond acceptors (Lipinski definition) is 2. The summed E-state index contributed by atoms with van der Waals surface area (Å²) < 4.78 is 0. The van der Waals surface area contributed by atoms with Crippen LogP contribution in [0.3, 0.4) is 0 Å². The number of benzene rings is 3. The highest BCUT2D eigenvalue weighted by Crippen LogP contribution is 2.36. The molecule has 4 aromatic rings. The fraction of sp³-hybridized carbons (Fsp3) is 0.0741. The number of nitrogens with zero attached hydrogens (tertiary/aromatic N) is 2. The van der Waals surface area contributed by atoms with E-state index in [0.29, 0.717) is 0 Å². The minimum absolute atomic E-state index is 1.02. The number of para-hydroxylation sites is 2. The molecule has 0 aliphatic heterocycles. The molecule has 0 radical (unpaired) electrons. The number of fused-ring (bicyclic) bond motifs is 1. The van der Waals surface area contributed by atoms with Gasteiger partial charge in [0.1, 0.15) is 0 Å². The van der Waals surface area contributed by atoms with Crippen LogP contribution in [0.2, 0.25) is 0 Å². The van der Waals surface area contributed by atoms with E-state index in [2.05, 4.69) is 113 Å². The third kappa shape index (κ3) is 3.45. The van der Waals surface area contributed by atoms with Crippen molar-refractivity contribution in [2.24, 2.45) is 0 Å². The van der Waals surface area contributed by atoms with Gasteiger partial charge in [-0.3, -0.25) is 4.98 Å². The van der Waals surface area contributed by atoms with E-state index in [9.17, 15) is 0 Å². The Morgan fingerprint density at radius 3 is 1.93 bits per heavy atom. The van der Waals surface area contributed by atoms with E-state index in [-0.39, 0.29) is 0 Å². The zero-order valence-electron chi connectivity index (χ0n) is 16.2. The van der Waals surface area contributed by atoms with E-state index in [1.807, 2.05) is 6.20 Å². The highest BCUT2D eigenvalue weighted by molar-refractivity contribution is 5.81. The molecule has 2 heteroatoms. The van der Waals surface area contributed by atoms with Crippen molar-refractivity contribution in [2.75, 3.05) is 4.90 Å². The Bertz CT molecular complexity index is 1090. The van der Waals surface area contributed by atoms with Gasteiger partial charge in [0.2, 0.25) is 0 Å². The summed E-state index contributed by atoms with van der Waals surface area (Å²) in [6.07, 6.45) is 8.49. The molecule has 0 N–H and O–H groups in total. The van der Waals surface area contributed by atoms with Gasteiger partial charge in [0.15, 0.2) is 0 Å². The molecule has 0 amide bonds. The highest BCUT2D eigenvalue weighted by atomic mass is 15.1. The number of rotatable bonds is 4.